The van der Waals surface area contributed by atoms with Gasteiger partial charge in [-0.2, -0.15) is 0 Å². The molecule has 4 amide bonds. The van der Waals surface area contributed by atoms with E-state index in [0.29, 0.717) is 25.5 Å². The first-order chi connectivity index (χ1) is 20.4. The van der Waals surface area contributed by atoms with Crippen LogP contribution in [0.25, 0.3) is 22.0 Å². The third-order valence-corrected chi connectivity index (χ3v) is 9.01. The summed E-state index contributed by atoms with van der Waals surface area (Å²) in [6.07, 6.45) is 4.30. The topological polar surface area (TPSA) is 98.7 Å². The van der Waals surface area contributed by atoms with E-state index < -0.39 is 11.6 Å². The molecule has 42 heavy (non-hydrogen) atoms. The average Bonchev–Trinajstić information content (AvgIpc) is 3.77. The second-order valence-corrected chi connectivity index (χ2v) is 11.8. The van der Waals surface area contributed by atoms with E-state index in [1.54, 1.807) is 11.1 Å². The molecule has 5 heterocycles. The normalized spacial score (nSPS) is 21.3. The molecule has 1 atom stereocenters. The third-order valence-electron chi connectivity index (χ3n) is 9.01. The fraction of sp³-hybridized carbons (Fsp3) is 0.406. The summed E-state index contributed by atoms with van der Waals surface area (Å²) in [5.74, 6) is 0.689. The number of pyridine rings is 1. The highest BCUT2D eigenvalue weighted by molar-refractivity contribution is 6.16. The highest BCUT2D eigenvalue weighted by Gasteiger charge is 2.58. The number of rotatable bonds is 4. The van der Waals surface area contributed by atoms with Gasteiger partial charge in [0.15, 0.2) is 5.54 Å². The molecule has 7 rings (SSSR count). The number of ether oxygens (including phenoxy) is 1. The highest BCUT2D eigenvalue weighted by atomic mass is 16.5. The third kappa shape index (κ3) is 4.55. The summed E-state index contributed by atoms with van der Waals surface area (Å²) in [7, 11) is 1.34. The van der Waals surface area contributed by atoms with Crippen molar-refractivity contribution >= 4 is 34.8 Å². The maximum absolute atomic E-state index is 13.9. The molecule has 3 aromatic rings. The first kappa shape index (κ1) is 26.4. The van der Waals surface area contributed by atoms with Gasteiger partial charge in [-0.3, -0.25) is 14.7 Å². The number of urea groups is 1. The van der Waals surface area contributed by atoms with Crippen molar-refractivity contribution in [2.45, 2.75) is 24.8 Å². The molecule has 3 fully saturated rings. The zero-order chi connectivity index (χ0) is 28.8. The Morgan fingerprint density at radius 2 is 1.67 bits per heavy atom. The van der Waals surface area contributed by atoms with Crippen LogP contribution in [-0.4, -0.2) is 107 Å². The second kappa shape index (κ2) is 10.4. The van der Waals surface area contributed by atoms with Crippen LogP contribution in [0.4, 0.5) is 9.59 Å². The lowest BCUT2D eigenvalue weighted by Crippen LogP contribution is -2.66. The van der Waals surface area contributed by atoms with Gasteiger partial charge in [-0.1, -0.05) is 42.5 Å². The minimum Gasteiger partial charge on any atom is -0.453 e. The largest absolute Gasteiger partial charge is 0.453 e. The van der Waals surface area contributed by atoms with E-state index in [2.05, 4.69) is 23.2 Å². The number of amidine groups is 1. The van der Waals surface area contributed by atoms with Crippen LogP contribution in [0, 0.1) is 5.92 Å². The van der Waals surface area contributed by atoms with Crippen LogP contribution in [0.2, 0.25) is 0 Å². The zero-order valence-electron chi connectivity index (χ0n) is 23.7. The van der Waals surface area contributed by atoms with Crippen LogP contribution in [-0.2, 0) is 9.53 Å². The average molecular weight is 567 g/mol. The smallest absolute Gasteiger partial charge is 0.409 e. The number of aromatic nitrogens is 1. The number of aliphatic imine (C=N–C) groups is 1. The number of hydrogen-bond donors (Lipinski definition) is 0. The predicted octanol–water partition coefficient (Wildman–Crippen LogP) is 3.85. The van der Waals surface area contributed by atoms with E-state index in [1.165, 1.54) is 12.0 Å². The molecule has 4 aliphatic heterocycles. The van der Waals surface area contributed by atoms with Crippen molar-refractivity contribution in [2.24, 2.45) is 10.9 Å². The molecule has 4 aliphatic rings. The van der Waals surface area contributed by atoms with Crippen molar-refractivity contribution in [3.63, 3.8) is 0 Å². The number of fused-ring (bicyclic) bond motifs is 1. The number of nitrogens with zero attached hydrogens (tertiary/aromatic N) is 6. The van der Waals surface area contributed by atoms with Gasteiger partial charge in [0.05, 0.1) is 25.7 Å². The summed E-state index contributed by atoms with van der Waals surface area (Å²) in [5, 5.41) is 1.09. The van der Waals surface area contributed by atoms with Crippen molar-refractivity contribution in [1.82, 2.24) is 24.6 Å². The van der Waals surface area contributed by atoms with Crippen LogP contribution < -0.4 is 0 Å². The Hall–Kier alpha value is -4.47. The molecule has 0 bridgehead atoms. The molecule has 1 aromatic heterocycles. The Balaban J connectivity index is 1.13. The molecule has 0 radical (unpaired) electrons. The van der Waals surface area contributed by atoms with Crippen LogP contribution in [0.5, 0.6) is 0 Å². The maximum atomic E-state index is 13.9. The fourth-order valence-electron chi connectivity index (χ4n) is 6.68. The van der Waals surface area contributed by atoms with Gasteiger partial charge in [0.2, 0.25) is 0 Å². The Kier molecular flexibility index (Phi) is 6.56. The molecular formula is C32H34N6O4. The van der Waals surface area contributed by atoms with E-state index in [1.807, 2.05) is 46.2 Å². The summed E-state index contributed by atoms with van der Waals surface area (Å²) >= 11 is 0. The minimum absolute atomic E-state index is 0.0911. The monoisotopic (exact) mass is 566 g/mol. The van der Waals surface area contributed by atoms with Gasteiger partial charge in [-0.15, -0.1) is 0 Å². The van der Waals surface area contributed by atoms with Crippen LogP contribution in [0.3, 0.4) is 0 Å². The molecule has 10 nitrogen and oxygen atoms in total. The Morgan fingerprint density at radius 1 is 0.929 bits per heavy atom. The quantitative estimate of drug-likeness (QED) is 0.478. The molecule has 2 aromatic carbocycles. The lowest BCUT2D eigenvalue weighted by molar-refractivity contribution is -0.136. The summed E-state index contributed by atoms with van der Waals surface area (Å²) in [5.41, 5.74) is 2.90. The number of methoxy groups -OCH3 is 1. The molecule has 1 unspecified atom stereocenters. The van der Waals surface area contributed by atoms with Crippen molar-refractivity contribution in [1.29, 1.82) is 0 Å². The molecule has 1 spiro atoms. The minimum atomic E-state index is -0.990. The van der Waals surface area contributed by atoms with E-state index in [4.69, 9.17) is 9.73 Å². The summed E-state index contributed by atoms with van der Waals surface area (Å²) in [6, 6.07) is 18.4. The number of benzene rings is 2. The van der Waals surface area contributed by atoms with Crippen molar-refractivity contribution in [2.75, 3.05) is 52.9 Å². The molecule has 216 valence electrons. The number of likely N-dealkylation sites (tertiary alicyclic amines) is 3. The lowest BCUT2D eigenvalue weighted by Gasteiger charge is -2.43. The maximum Gasteiger partial charge on any atom is 0.409 e. The van der Waals surface area contributed by atoms with Crippen molar-refractivity contribution in [3.8, 4) is 11.1 Å². The zero-order valence-corrected chi connectivity index (χ0v) is 23.7. The number of carbonyl (C=O) groups is 3. The molecule has 3 saturated heterocycles. The van der Waals surface area contributed by atoms with Gasteiger partial charge in [-0.25, -0.2) is 14.6 Å². The predicted molar refractivity (Wildman–Crippen MR) is 158 cm³/mol. The molecular weight excluding hydrogens is 532 g/mol. The standard InChI is InChI=1S/C32H34N6O4/c1-42-31(41)37-20-32(21-37)29(39)38(19-22-12-16-36(18-22)30(40)35-14-2-3-15-35)28(34-32)25-9-6-23(7-10-25)26-11-8-24-5-4-13-33-27(24)17-26/h4-11,13,17,22H,2-3,12,14-16,18-21H2,1H3. The van der Waals surface area contributed by atoms with Crippen LogP contribution in [0.15, 0.2) is 65.8 Å². The second-order valence-electron chi connectivity index (χ2n) is 11.8. The Bertz CT molecular complexity index is 1580. The van der Waals surface area contributed by atoms with Crippen molar-refractivity contribution in [3.05, 3.63) is 66.4 Å². The fourth-order valence-corrected chi connectivity index (χ4v) is 6.68. The van der Waals surface area contributed by atoms with Gasteiger partial charge in [0.1, 0.15) is 5.84 Å². The van der Waals surface area contributed by atoms with E-state index in [-0.39, 0.29) is 30.9 Å². The molecule has 10 heteroatoms. The summed E-state index contributed by atoms with van der Waals surface area (Å²) in [4.78, 5) is 55.6. The molecule has 0 saturated carbocycles. The van der Waals surface area contributed by atoms with Gasteiger partial charge in [0.25, 0.3) is 5.91 Å². The van der Waals surface area contributed by atoms with Gasteiger partial charge in [-0.05, 0) is 48.4 Å². The van der Waals surface area contributed by atoms with E-state index in [0.717, 1.165) is 59.9 Å². The number of amides is 4. The SMILES string of the molecule is COC(=O)N1CC2(C1)N=C(c1ccc(-c3ccc4cccnc4c3)cc1)N(CC1CCN(C(=O)N3CCCC3)C1)C2=O. The lowest BCUT2D eigenvalue weighted by atomic mass is 9.90. The Morgan fingerprint density at radius 3 is 2.43 bits per heavy atom. The van der Waals surface area contributed by atoms with Crippen LogP contribution in [0.1, 0.15) is 24.8 Å². The number of hydrogen-bond acceptors (Lipinski definition) is 6. The molecule has 0 aliphatic carbocycles. The summed E-state index contributed by atoms with van der Waals surface area (Å²) in [6.45, 7) is 3.86. The highest BCUT2D eigenvalue weighted by Crippen LogP contribution is 2.36. The summed E-state index contributed by atoms with van der Waals surface area (Å²) < 4.78 is 4.86. The van der Waals surface area contributed by atoms with Gasteiger partial charge >= 0.3 is 12.1 Å². The van der Waals surface area contributed by atoms with Crippen LogP contribution >= 0.6 is 0 Å². The van der Waals surface area contributed by atoms with E-state index >= 15 is 0 Å². The van der Waals surface area contributed by atoms with Crippen molar-refractivity contribution < 1.29 is 19.1 Å². The molecule has 0 N–H and O–H groups in total. The van der Waals surface area contributed by atoms with E-state index in [9.17, 15) is 14.4 Å². The van der Waals surface area contributed by atoms with Gasteiger partial charge < -0.3 is 19.4 Å². The first-order valence-electron chi connectivity index (χ1n) is 14.7. The Labute approximate surface area is 244 Å². The first-order valence-corrected chi connectivity index (χ1v) is 14.7. The number of carbonyl (C=O) groups excluding carboxylic acids is 3. The van der Waals surface area contributed by atoms with Gasteiger partial charge in [0, 0.05) is 49.9 Å².